The van der Waals surface area contributed by atoms with Crippen LogP contribution in [0.3, 0.4) is 0 Å². The summed E-state index contributed by atoms with van der Waals surface area (Å²) in [5.41, 5.74) is 9.21. The summed E-state index contributed by atoms with van der Waals surface area (Å²) in [5, 5.41) is 0. The Bertz CT molecular complexity index is 1790. The van der Waals surface area contributed by atoms with Gasteiger partial charge in [-0.3, -0.25) is 0 Å². The molecule has 0 radical (unpaired) electrons. The molecule has 0 saturated carbocycles. The fraction of sp³-hybridized carbons (Fsp3) is 0.846. The van der Waals surface area contributed by atoms with Gasteiger partial charge in [-0.2, -0.15) is 0 Å². The van der Waals surface area contributed by atoms with Gasteiger partial charge in [-0.15, -0.1) is 0 Å². The SMILES string of the molecule is CCCCCCCCCCCCCP(O)(O)(CCCCCCCCCCCCCc1cc(C)ccc1C(C)(C)C)OCCCCOP(O)(O)(CCCCCCCCCCCCC)CCCCCCCCCCCCCc1cc(C)ccc1C(C)(C)C. The van der Waals surface area contributed by atoms with Crippen LogP contribution in [-0.2, 0) is 32.7 Å². The van der Waals surface area contributed by atoms with Crippen LogP contribution in [0.1, 0.15) is 384 Å². The second-order valence-corrected chi connectivity index (χ2v) is 37.5. The molecule has 0 spiro atoms. The van der Waals surface area contributed by atoms with Crippen LogP contribution in [0.15, 0.2) is 36.4 Å². The van der Waals surface area contributed by atoms with Crippen molar-refractivity contribution in [2.45, 2.75) is 388 Å². The summed E-state index contributed by atoms with van der Waals surface area (Å²) >= 11 is 0. The van der Waals surface area contributed by atoms with Crippen LogP contribution in [-0.4, -0.2) is 57.4 Å². The first kappa shape index (κ1) is 81.2. The van der Waals surface area contributed by atoms with Gasteiger partial charge >= 0.3 is 376 Å². The topological polar surface area (TPSA) is 99.4 Å². The van der Waals surface area contributed by atoms with Crippen molar-refractivity contribution in [1.29, 1.82) is 0 Å². The van der Waals surface area contributed by atoms with Crippen molar-refractivity contribution in [1.82, 2.24) is 0 Å². The van der Waals surface area contributed by atoms with E-state index in [9.17, 15) is 19.6 Å². The van der Waals surface area contributed by atoms with Crippen molar-refractivity contribution in [2.75, 3.05) is 37.9 Å². The third kappa shape index (κ3) is 41.5. The first-order valence-electron chi connectivity index (χ1n) is 37.6. The summed E-state index contributed by atoms with van der Waals surface area (Å²) in [4.78, 5) is 48.5. The predicted octanol–water partition coefficient (Wildman–Crippen LogP) is 25.3. The van der Waals surface area contributed by atoms with E-state index in [0.717, 1.165) is 77.0 Å². The van der Waals surface area contributed by atoms with Crippen molar-refractivity contribution in [3.63, 3.8) is 0 Å². The molecule has 0 aliphatic carbocycles. The smallest absolute Gasteiger partial charge is 0.0590 e. The van der Waals surface area contributed by atoms with Gasteiger partial charge in [0.15, 0.2) is 0 Å². The fourth-order valence-corrected chi connectivity index (χ4v) is 18.9. The maximum absolute atomic E-state index is 12.1. The molecule has 0 fully saturated rings. The molecular weight excluding hydrogens is 1090 g/mol. The van der Waals surface area contributed by atoms with E-state index in [1.54, 1.807) is 0 Å². The fourth-order valence-electron chi connectivity index (χ4n) is 13.4. The van der Waals surface area contributed by atoms with Gasteiger partial charge < -0.3 is 0 Å². The maximum atomic E-state index is 12.1. The molecule has 2 rings (SSSR count). The van der Waals surface area contributed by atoms with Gasteiger partial charge in [0.2, 0.25) is 0 Å². The molecule has 0 bridgehead atoms. The zero-order valence-electron chi connectivity index (χ0n) is 59.1. The van der Waals surface area contributed by atoms with Gasteiger partial charge in [0.25, 0.3) is 0 Å². The van der Waals surface area contributed by atoms with Crippen LogP contribution in [0.5, 0.6) is 0 Å². The first-order chi connectivity index (χ1) is 41.1. The van der Waals surface area contributed by atoms with Gasteiger partial charge in [-0.05, 0) is 59.8 Å². The predicted molar refractivity (Wildman–Crippen MR) is 385 cm³/mol. The molecular formula is C78H148O6P2. The van der Waals surface area contributed by atoms with Crippen molar-refractivity contribution < 1.29 is 28.6 Å². The molecule has 0 saturated heterocycles. The molecule has 0 aliphatic rings. The summed E-state index contributed by atoms with van der Waals surface area (Å²) < 4.78 is 12.6. The average molecular weight is 1240 g/mol. The van der Waals surface area contributed by atoms with Gasteiger partial charge in [-0.1, -0.05) is 103 Å². The minimum Gasteiger partial charge on any atom is -0.0590 e. The Balaban J connectivity index is 1.82. The number of hydrogen-bond donors (Lipinski definition) is 4. The minimum absolute atomic E-state index is 0.194. The molecule has 2 aromatic carbocycles. The van der Waals surface area contributed by atoms with E-state index < -0.39 is 14.6 Å². The van der Waals surface area contributed by atoms with Crippen LogP contribution in [0, 0.1) is 13.8 Å². The van der Waals surface area contributed by atoms with Crippen LogP contribution < -0.4 is 0 Å². The van der Waals surface area contributed by atoms with Gasteiger partial charge in [0.05, 0.1) is 0 Å². The molecule has 86 heavy (non-hydrogen) atoms. The van der Waals surface area contributed by atoms with Crippen LogP contribution >= 0.6 is 14.6 Å². The minimum atomic E-state index is -4.32. The van der Waals surface area contributed by atoms with E-state index >= 15 is 0 Å². The second-order valence-electron chi connectivity index (χ2n) is 30.0. The Morgan fingerprint density at radius 1 is 0.291 bits per heavy atom. The van der Waals surface area contributed by atoms with E-state index in [2.05, 4.69) is 106 Å². The molecule has 0 aliphatic heterocycles. The molecule has 2 aromatic rings. The number of unbranched alkanes of at least 4 members (excludes halogenated alkanes) is 41. The Kier molecular flexibility index (Phi) is 44.4. The van der Waals surface area contributed by atoms with E-state index in [4.69, 9.17) is 9.05 Å². The van der Waals surface area contributed by atoms with E-state index in [1.165, 1.54) is 252 Å². The Labute approximate surface area is 536 Å². The normalized spacial score (nSPS) is 13.6. The number of benzene rings is 2. The quantitative estimate of drug-likeness (QED) is 0.0389. The van der Waals surface area contributed by atoms with E-state index in [0.29, 0.717) is 37.5 Å². The zero-order chi connectivity index (χ0) is 63.2. The van der Waals surface area contributed by atoms with E-state index in [-0.39, 0.29) is 24.0 Å². The molecule has 4 N–H and O–H groups in total. The van der Waals surface area contributed by atoms with Crippen LogP contribution in [0.4, 0.5) is 0 Å². The van der Waals surface area contributed by atoms with Gasteiger partial charge in [0, 0.05) is 0 Å². The summed E-state index contributed by atoms with van der Waals surface area (Å²) in [6.07, 6.45) is 58.5. The molecule has 0 aromatic heterocycles. The molecule has 0 amide bonds. The van der Waals surface area contributed by atoms with Crippen molar-refractivity contribution in [3.8, 4) is 0 Å². The second kappa shape index (κ2) is 47.0. The zero-order valence-corrected chi connectivity index (χ0v) is 60.9. The van der Waals surface area contributed by atoms with Gasteiger partial charge in [0.1, 0.15) is 0 Å². The van der Waals surface area contributed by atoms with Crippen molar-refractivity contribution in [3.05, 3.63) is 69.8 Å². The summed E-state index contributed by atoms with van der Waals surface area (Å²) in [7, 11) is -8.65. The summed E-state index contributed by atoms with van der Waals surface area (Å²) in [6.45, 7) is 23.5. The molecule has 506 valence electrons. The van der Waals surface area contributed by atoms with Crippen LogP contribution in [0.2, 0.25) is 0 Å². The van der Waals surface area contributed by atoms with Gasteiger partial charge in [-0.25, -0.2) is 0 Å². The van der Waals surface area contributed by atoms with Crippen molar-refractivity contribution >= 4 is 14.6 Å². The molecule has 6 nitrogen and oxygen atoms in total. The van der Waals surface area contributed by atoms with Crippen LogP contribution in [0.25, 0.3) is 0 Å². The number of hydrogen-bond acceptors (Lipinski definition) is 6. The number of aryl methyl sites for hydroxylation is 4. The molecule has 0 atom stereocenters. The van der Waals surface area contributed by atoms with Crippen molar-refractivity contribution in [2.24, 2.45) is 0 Å². The number of rotatable bonds is 59. The Morgan fingerprint density at radius 3 is 0.721 bits per heavy atom. The first-order valence-corrected chi connectivity index (χ1v) is 42.5. The van der Waals surface area contributed by atoms with E-state index in [1.807, 2.05) is 0 Å². The molecule has 0 unspecified atom stereocenters. The summed E-state index contributed by atoms with van der Waals surface area (Å²) in [5.74, 6) is 0. The third-order valence-electron chi connectivity index (χ3n) is 19.0. The third-order valence-corrected chi connectivity index (χ3v) is 25.4. The standard InChI is InChI=1S/C78H148O6P2/c1-11-13-15-17-19-21-27-33-39-45-53-65-85(79,80,67-55-47-41-35-29-23-25-31-37-43-49-57-73-69-71(3)59-61-75(73)77(5,6)7)83-63-51-52-64-84-86(81,82,66-54-46-40-34-28-22-20-18-16-14-12-2)68-56-48-42-36-30-24-26-32-38-44-50-58-74-70-72(4)60-62-76(74)78(8,9)10/h59-62,69-70,79-82H,11-58,63-68H2,1-10H3. The molecule has 8 heteroatoms. The summed E-state index contributed by atoms with van der Waals surface area (Å²) in [6, 6.07) is 14.0. The average Bonchev–Trinajstić information content (AvgIpc) is 1.48. The Morgan fingerprint density at radius 2 is 0.500 bits per heavy atom. The monoisotopic (exact) mass is 1240 g/mol. The Hall–Kier alpha value is -0.940. The molecule has 0 heterocycles.